The fourth-order valence-corrected chi connectivity index (χ4v) is 3.05. The first-order valence-corrected chi connectivity index (χ1v) is 5.21. The summed E-state index contributed by atoms with van der Waals surface area (Å²) >= 11 is 1.55. The van der Waals surface area contributed by atoms with Crippen molar-refractivity contribution in [2.75, 3.05) is 5.73 Å². The van der Waals surface area contributed by atoms with Gasteiger partial charge >= 0.3 is 0 Å². The normalized spacial score (nSPS) is 20.0. The summed E-state index contributed by atoms with van der Waals surface area (Å²) in [6.45, 7) is 4.26. The van der Waals surface area contributed by atoms with Gasteiger partial charge in [-0.2, -0.15) is 0 Å². The van der Waals surface area contributed by atoms with E-state index in [1.54, 1.807) is 11.3 Å². The van der Waals surface area contributed by atoms with E-state index in [2.05, 4.69) is 13.8 Å². The number of thiophene rings is 1. The van der Waals surface area contributed by atoms with E-state index in [0.717, 1.165) is 17.0 Å². The van der Waals surface area contributed by atoms with Crippen LogP contribution in [0.2, 0.25) is 0 Å². The van der Waals surface area contributed by atoms with E-state index < -0.39 is 0 Å². The standard InChI is InChI=1S/C10H13NOS/c1-10(2)4-7(12)6-3-9(11)13-8(6)5-10/h3H,4-5,11H2,1-2H3. The van der Waals surface area contributed by atoms with Crippen LogP contribution in [0.1, 0.15) is 35.5 Å². The number of nitrogen functional groups attached to an aromatic ring is 1. The van der Waals surface area contributed by atoms with Crippen LogP contribution in [0.25, 0.3) is 0 Å². The summed E-state index contributed by atoms with van der Waals surface area (Å²) in [5.41, 5.74) is 6.65. The summed E-state index contributed by atoms with van der Waals surface area (Å²) in [5, 5.41) is 0.760. The van der Waals surface area contributed by atoms with Crippen LogP contribution < -0.4 is 5.73 Å². The molecule has 0 aromatic carbocycles. The molecule has 0 atom stereocenters. The van der Waals surface area contributed by atoms with Crippen LogP contribution in [-0.2, 0) is 6.42 Å². The lowest BCUT2D eigenvalue weighted by molar-refractivity contribution is 0.0914. The second-order valence-corrected chi connectivity index (χ2v) is 5.59. The van der Waals surface area contributed by atoms with Crippen molar-refractivity contribution in [2.45, 2.75) is 26.7 Å². The molecule has 0 saturated heterocycles. The van der Waals surface area contributed by atoms with Crippen molar-refractivity contribution in [2.24, 2.45) is 5.41 Å². The summed E-state index contributed by atoms with van der Waals surface area (Å²) in [6.07, 6.45) is 1.63. The number of ketones is 1. The first-order chi connectivity index (χ1) is 5.98. The van der Waals surface area contributed by atoms with E-state index in [1.807, 2.05) is 6.07 Å². The van der Waals surface area contributed by atoms with Crippen LogP contribution in [0.15, 0.2) is 6.07 Å². The molecule has 1 aliphatic rings. The molecule has 1 aromatic rings. The largest absolute Gasteiger partial charge is 0.391 e. The SMILES string of the molecule is CC1(C)CC(=O)c2cc(N)sc2C1. The smallest absolute Gasteiger partial charge is 0.164 e. The Kier molecular flexibility index (Phi) is 1.74. The number of hydrogen-bond acceptors (Lipinski definition) is 3. The van der Waals surface area contributed by atoms with Gasteiger partial charge in [-0.15, -0.1) is 11.3 Å². The van der Waals surface area contributed by atoms with Crippen molar-refractivity contribution in [3.05, 3.63) is 16.5 Å². The minimum absolute atomic E-state index is 0.112. The number of carbonyl (C=O) groups excluding carboxylic acids is 1. The minimum Gasteiger partial charge on any atom is -0.391 e. The van der Waals surface area contributed by atoms with E-state index >= 15 is 0 Å². The highest BCUT2D eigenvalue weighted by Gasteiger charge is 2.32. The first-order valence-electron chi connectivity index (χ1n) is 4.39. The molecule has 0 unspecified atom stereocenters. The molecule has 3 heteroatoms. The molecule has 2 nitrogen and oxygen atoms in total. The average Bonchev–Trinajstić information content (AvgIpc) is 2.27. The van der Waals surface area contributed by atoms with Crippen molar-refractivity contribution in [1.82, 2.24) is 0 Å². The van der Waals surface area contributed by atoms with Gasteiger partial charge in [-0.05, 0) is 17.9 Å². The number of Topliss-reactive ketones (excluding diaryl/α,β-unsaturated/α-hetero) is 1. The molecular formula is C10H13NOS. The molecule has 2 rings (SSSR count). The third-order valence-corrected chi connectivity index (χ3v) is 3.37. The van der Waals surface area contributed by atoms with Crippen molar-refractivity contribution in [3.8, 4) is 0 Å². The van der Waals surface area contributed by atoms with Gasteiger partial charge in [0.2, 0.25) is 0 Å². The predicted octanol–water partition coefficient (Wildman–Crippen LogP) is 2.49. The second-order valence-electron chi connectivity index (χ2n) is 4.43. The van der Waals surface area contributed by atoms with Gasteiger partial charge in [0.1, 0.15) is 0 Å². The zero-order chi connectivity index (χ0) is 9.64. The van der Waals surface area contributed by atoms with Gasteiger partial charge < -0.3 is 5.73 Å². The highest BCUT2D eigenvalue weighted by atomic mass is 32.1. The topological polar surface area (TPSA) is 43.1 Å². The lowest BCUT2D eigenvalue weighted by atomic mass is 9.77. The second kappa shape index (κ2) is 2.58. The summed E-state index contributed by atoms with van der Waals surface area (Å²) in [7, 11) is 0. The molecule has 0 fully saturated rings. The number of rotatable bonds is 0. The van der Waals surface area contributed by atoms with Crippen LogP contribution in [0.5, 0.6) is 0 Å². The van der Waals surface area contributed by atoms with Crippen molar-refractivity contribution in [3.63, 3.8) is 0 Å². The maximum absolute atomic E-state index is 11.7. The van der Waals surface area contributed by atoms with Crippen LogP contribution in [0.3, 0.4) is 0 Å². The molecule has 2 N–H and O–H groups in total. The van der Waals surface area contributed by atoms with Crippen LogP contribution in [0, 0.1) is 5.41 Å². The van der Waals surface area contributed by atoms with E-state index in [4.69, 9.17) is 5.73 Å². The van der Waals surface area contributed by atoms with Gasteiger partial charge in [-0.1, -0.05) is 13.8 Å². The third kappa shape index (κ3) is 1.48. The first kappa shape index (κ1) is 8.75. The molecule has 13 heavy (non-hydrogen) atoms. The van der Waals surface area contributed by atoms with Gasteiger partial charge in [0, 0.05) is 16.9 Å². The Balaban J connectivity index is 2.48. The molecule has 0 aliphatic heterocycles. The van der Waals surface area contributed by atoms with Crippen LogP contribution in [-0.4, -0.2) is 5.78 Å². The Labute approximate surface area is 81.8 Å². The van der Waals surface area contributed by atoms with Gasteiger partial charge in [0.15, 0.2) is 5.78 Å². The maximum atomic E-state index is 11.7. The van der Waals surface area contributed by atoms with Gasteiger partial charge in [0.05, 0.1) is 5.00 Å². The van der Waals surface area contributed by atoms with E-state index in [0.29, 0.717) is 6.42 Å². The molecule has 1 heterocycles. The molecule has 0 saturated carbocycles. The molecule has 1 aliphatic carbocycles. The Hall–Kier alpha value is -0.830. The van der Waals surface area contributed by atoms with E-state index in [-0.39, 0.29) is 11.2 Å². The number of nitrogens with two attached hydrogens (primary N) is 1. The van der Waals surface area contributed by atoms with Crippen molar-refractivity contribution in [1.29, 1.82) is 0 Å². The predicted molar refractivity (Wildman–Crippen MR) is 55.2 cm³/mol. The molecule has 70 valence electrons. The molecule has 0 radical (unpaired) electrons. The summed E-state index contributed by atoms with van der Waals surface area (Å²) in [4.78, 5) is 12.8. The van der Waals surface area contributed by atoms with E-state index in [1.165, 1.54) is 4.88 Å². The summed E-state index contributed by atoms with van der Waals surface area (Å²) < 4.78 is 0. The quantitative estimate of drug-likeness (QED) is 0.691. The summed E-state index contributed by atoms with van der Waals surface area (Å²) in [6, 6.07) is 1.82. The Morgan fingerprint density at radius 2 is 2.15 bits per heavy atom. The molecule has 0 spiro atoms. The Morgan fingerprint density at radius 1 is 1.46 bits per heavy atom. The lowest BCUT2D eigenvalue weighted by Crippen LogP contribution is -2.25. The summed E-state index contributed by atoms with van der Waals surface area (Å²) in [5.74, 6) is 0.249. The third-order valence-electron chi connectivity index (χ3n) is 2.41. The highest BCUT2D eigenvalue weighted by Crippen LogP contribution is 2.39. The monoisotopic (exact) mass is 195 g/mol. The Morgan fingerprint density at radius 3 is 2.85 bits per heavy atom. The fraction of sp³-hybridized carbons (Fsp3) is 0.500. The minimum atomic E-state index is 0.112. The van der Waals surface area contributed by atoms with Crippen LogP contribution in [0.4, 0.5) is 5.00 Å². The number of hydrogen-bond donors (Lipinski definition) is 1. The van der Waals surface area contributed by atoms with Gasteiger partial charge in [-0.3, -0.25) is 4.79 Å². The van der Waals surface area contributed by atoms with E-state index in [9.17, 15) is 4.79 Å². The van der Waals surface area contributed by atoms with Gasteiger partial charge in [0.25, 0.3) is 0 Å². The maximum Gasteiger partial charge on any atom is 0.164 e. The average molecular weight is 195 g/mol. The van der Waals surface area contributed by atoms with Gasteiger partial charge in [-0.25, -0.2) is 0 Å². The van der Waals surface area contributed by atoms with Crippen LogP contribution >= 0.6 is 11.3 Å². The van der Waals surface area contributed by atoms with Crippen molar-refractivity contribution < 1.29 is 4.79 Å². The Bertz CT molecular complexity index is 365. The molecule has 0 amide bonds. The number of anilines is 1. The number of carbonyl (C=O) groups is 1. The molecular weight excluding hydrogens is 182 g/mol. The lowest BCUT2D eigenvalue weighted by Gasteiger charge is -2.27. The number of fused-ring (bicyclic) bond motifs is 1. The highest BCUT2D eigenvalue weighted by molar-refractivity contribution is 7.16. The molecule has 0 bridgehead atoms. The zero-order valence-corrected chi connectivity index (χ0v) is 8.70. The fourth-order valence-electron chi connectivity index (χ4n) is 1.84. The van der Waals surface area contributed by atoms with Crippen molar-refractivity contribution >= 4 is 22.1 Å². The molecule has 1 aromatic heterocycles. The zero-order valence-electron chi connectivity index (χ0n) is 7.89.